The number of nitrogens with one attached hydrogen (secondary N) is 1. The van der Waals surface area contributed by atoms with E-state index in [1.807, 2.05) is 49.4 Å². The van der Waals surface area contributed by atoms with Crippen LogP contribution in [0.3, 0.4) is 0 Å². The second kappa shape index (κ2) is 6.42. The Morgan fingerprint density at radius 2 is 1.74 bits per heavy atom. The Balaban J connectivity index is 2.03. The molecule has 0 saturated heterocycles. The maximum Gasteiger partial charge on any atom is 0.256 e. The minimum atomic E-state index is -0.0676. The minimum Gasteiger partial charge on any atom is -0.475 e. The summed E-state index contributed by atoms with van der Waals surface area (Å²) in [5, 5.41) is 2.71. The molecule has 1 unspecified atom stereocenters. The zero-order valence-electron chi connectivity index (χ0n) is 13.8. The maximum atomic E-state index is 12.2. The lowest BCUT2D eigenvalue weighted by atomic mass is 10.1. The fraction of sp³-hybridized carbons (Fsp3) is 0.316. The largest absolute Gasteiger partial charge is 0.475 e. The van der Waals surface area contributed by atoms with Gasteiger partial charge >= 0.3 is 0 Å². The number of rotatable bonds is 5. The first-order valence-corrected chi connectivity index (χ1v) is 8.09. The van der Waals surface area contributed by atoms with Crippen LogP contribution in [-0.4, -0.2) is 29.2 Å². The highest BCUT2D eigenvalue weighted by Crippen LogP contribution is 2.25. The summed E-state index contributed by atoms with van der Waals surface area (Å²) in [6, 6.07) is 13.5. The van der Waals surface area contributed by atoms with Crippen molar-refractivity contribution in [2.45, 2.75) is 27.0 Å². The van der Waals surface area contributed by atoms with E-state index in [1.165, 1.54) is 0 Å². The van der Waals surface area contributed by atoms with Gasteiger partial charge in [0.05, 0.1) is 5.52 Å². The molecule has 0 saturated carbocycles. The van der Waals surface area contributed by atoms with E-state index in [2.05, 4.69) is 23.7 Å². The molecule has 0 amide bonds. The highest BCUT2D eigenvalue weighted by atomic mass is 16.5. The number of pyridine rings is 1. The van der Waals surface area contributed by atoms with Gasteiger partial charge in [0, 0.05) is 16.8 Å². The predicted molar refractivity (Wildman–Crippen MR) is 95.1 cm³/mol. The maximum absolute atomic E-state index is 12.2. The van der Waals surface area contributed by atoms with Gasteiger partial charge in [0.2, 0.25) is 0 Å². The Bertz CT molecular complexity index is 881. The van der Waals surface area contributed by atoms with Crippen LogP contribution >= 0.6 is 0 Å². The van der Waals surface area contributed by atoms with Gasteiger partial charge in [-0.2, -0.15) is 0 Å². The van der Waals surface area contributed by atoms with Crippen LogP contribution in [0, 0.1) is 0 Å². The van der Waals surface area contributed by atoms with Crippen LogP contribution in [-0.2, 0) is 0 Å². The molecule has 0 aliphatic rings. The molecule has 1 aromatic heterocycles. The molecule has 2 aromatic carbocycles. The van der Waals surface area contributed by atoms with E-state index in [-0.39, 0.29) is 11.8 Å². The number of nitrogens with zero attached hydrogens (tertiary/aromatic N) is 1. The molecule has 0 aliphatic carbocycles. The lowest BCUT2D eigenvalue weighted by molar-refractivity contribution is 0.0482. The minimum absolute atomic E-state index is 0.00497. The zero-order valence-corrected chi connectivity index (χ0v) is 13.8. The molecule has 4 heteroatoms. The number of aromatic nitrogens is 1. The summed E-state index contributed by atoms with van der Waals surface area (Å²) in [4.78, 5) is 17.4. The fourth-order valence-corrected chi connectivity index (χ4v) is 3.05. The van der Waals surface area contributed by atoms with Gasteiger partial charge in [0.25, 0.3) is 5.56 Å². The summed E-state index contributed by atoms with van der Waals surface area (Å²) in [6.07, 6.45) is -0.00497. The van der Waals surface area contributed by atoms with Gasteiger partial charge in [-0.3, -0.25) is 9.69 Å². The lowest BCUT2D eigenvalue weighted by Gasteiger charge is -2.26. The second-order valence-electron chi connectivity index (χ2n) is 5.65. The molecular formula is C19H22N2O2. The van der Waals surface area contributed by atoms with Crippen LogP contribution in [0.4, 0.5) is 0 Å². The van der Waals surface area contributed by atoms with Gasteiger partial charge < -0.3 is 9.72 Å². The van der Waals surface area contributed by atoms with Crippen LogP contribution < -0.4 is 10.3 Å². The first-order chi connectivity index (χ1) is 11.1. The molecule has 3 rings (SSSR count). The Kier molecular flexibility index (Phi) is 4.35. The number of hydrogen-bond donors (Lipinski definition) is 1. The summed E-state index contributed by atoms with van der Waals surface area (Å²) >= 11 is 0. The average Bonchev–Trinajstić information content (AvgIpc) is 2.56. The van der Waals surface area contributed by atoms with Crippen molar-refractivity contribution in [3.63, 3.8) is 0 Å². The lowest BCUT2D eigenvalue weighted by Crippen LogP contribution is -2.36. The summed E-state index contributed by atoms with van der Waals surface area (Å²) < 4.78 is 6.02. The monoisotopic (exact) mass is 310 g/mol. The summed E-state index contributed by atoms with van der Waals surface area (Å²) in [5.41, 5.74) is 0.736. The highest BCUT2D eigenvalue weighted by Gasteiger charge is 2.12. The molecule has 0 bridgehead atoms. The molecule has 120 valence electrons. The Hall–Kier alpha value is -2.33. The van der Waals surface area contributed by atoms with Gasteiger partial charge in [0.1, 0.15) is 12.0 Å². The molecule has 0 spiro atoms. The highest BCUT2D eigenvalue weighted by molar-refractivity contribution is 6.05. The van der Waals surface area contributed by atoms with E-state index in [1.54, 1.807) is 0 Å². The Labute approximate surface area is 135 Å². The van der Waals surface area contributed by atoms with Crippen LogP contribution in [0.5, 0.6) is 5.75 Å². The standard InChI is InChI=1S/C19H22N2O2/c1-4-21(5-2)13(3)23-14-10-11-16-15-8-6-7-9-17(15)19(22)20-18(16)12-14/h6-13H,4-5H2,1-3H3,(H,20,22). The third kappa shape index (κ3) is 2.94. The van der Waals surface area contributed by atoms with E-state index in [4.69, 9.17) is 4.74 Å². The number of aromatic amines is 1. The first-order valence-electron chi connectivity index (χ1n) is 8.09. The van der Waals surface area contributed by atoms with Crippen molar-refractivity contribution >= 4 is 21.7 Å². The van der Waals surface area contributed by atoms with E-state index < -0.39 is 0 Å². The third-order valence-corrected chi connectivity index (χ3v) is 4.33. The fourth-order valence-electron chi connectivity index (χ4n) is 3.05. The normalized spacial score (nSPS) is 12.9. The molecule has 3 aromatic rings. The summed E-state index contributed by atoms with van der Waals surface area (Å²) in [7, 11) is 0. The molecule has 0 aliphatic heterocycles. The number of ether oxygens (including phenoxy) is 1. The van der Waals surface area contributed by atoms with Crippen LogP contribution in [0.1, 0.15) is 20.8 Å². The van der Waals surface area contributed by atoms with E-state index in [9.17, 15) is 4.79 Å². The van der Waals surface area contributed by atoms with Crippen molar-refractivity contribution in [1.29, 1.82) is 0 Å². The zero-order chi connectivity index (χ0) is 16.4. The average molecular weight is 310 g/mol. The molecule has 1 atom stereocenters. The van der Waals surface area contributed by atoms with E-state index in [0.29, 0.717) is 5.39 Å². The van der Waals surface area contributed by atoms with Crippen molar-refractivity contribution in [3.05, 3.63) is 52.8 Å². The van der Waals surface area contributed by atoms with Gasteiger partial charge in [-0.1, -0.05) is 32.0 Å². The predicted octanol–water partition coefficient (Wildman–Crippen LogP) is 3.75. The summed E-state index contributed by atoms with van der Waals surface area (Å²) in [6.45, 7) is 8.15. The molecular weight excluding hydrogens is 288 g/mol. The Morgan fingerprint density at radius 3 is 2.43 bits per heavy atom. The third-order valence-electron chi connectivity index (χ3n) is 4.33. The molecule has 0 fully saturated rings. The number of fused-ring (bicyclic) bond motifs is 3. The topological polar surface area (TPSA) is 45.3 Å². The van der Waals surface area contributed by atoms with Crippen molar-refractivity contribution in [1.82, 2.24) is 9.88 Å². The molecule has 1 N–H and O–H groups in total. The van der Waals surface area contributed by atoms with Crippen molar-refractivity contribution in [3.8, 4) is 5.75 Å². The SMILES string of the molecule is CCN(CC)C(C)Oc1ccc2c(c1)[nH]c(=O)c1ccccc12. The van der Waals surface area contributed by atoms with Crippen LogP contribution in [0.2, 0.25) is 0 Å². The van der Waals surface area contributed by atoms with Crippen molar-refractivity contribution in [2.24, 2.45) is 0 Å². The van der Waals surface area contributed by atoms with Gasteiger partial charge in [-0.15, -0.1) is 0 Å². The first kappa shape index (κ1) is 15.6. The number of H-pyrrole nitrogens is 1. The number of benzene rings is 2. The number of hydrogen-bond acceptors (Lipinski definition) is 3. The van der Waals surface area contributed by atoms with Gasteiger partial charge in [0.15, 0.2) is 0 Å². The molecule has 0 radical (unpaired) electrons. The van der Waals surface area contributed by atoms with Crippen LogP contribution in [0.15, 0.2) is 47.3 Å². The smallest absolute Gasteiger partial charge is 0.256 e. The quantitative estimate of drug-likeness (QED) is 0.576. The van der Waals surface area contributed by atoms with Crippen molar-refractivity contribution in [2.75, 3.05) is 13.1 Å². The Morgan fingerprint density at radius 1 is 1.04 bits per heavy atom. The van der Waals surface area contributed by atoms with E-state index in [0.717, 1.165) is 35.1 Å². The van der Waals surface area contributed by atoms with Gasteiger partial charge in [-0.25, -0.2) is 0 Å². The molecule has 4 nitrogen and oxygen atoms in total. The van der Waals surface area contributed by atoms with E-state index >= 15 is 0 Å². The van der Waals surface area contributed by atoms with Gasteiger partial charge in [-0.05, 0) is 43.6 Å². The summed E-state index contributed by atoms with van der Waals surface area (Å²) in [5.74, 6) is 0.767. The molecule has 23 heavy (non-hydrogen) atoms. The molecule has 1 heterocycles. The second-order valence-corrected chi connectivity index (χ2v) is 5.65. The van der Waals surface area contributed by atoms with Crippen molar-refractivity contribution < 1.29 is 4.74 Å². The van der Waals surface area contributed by atoms with Crippen LogP contribution in [0.25, 0.3) is 21.7 Å².